The van der Waals surface area contributed by atoms with Crippen LogP contribution in [0.15, 0.2) is 11.6 Å². The van der Waals surface area contributed by atoms with Crippen LogP contribution in [-0.2, 0) is 4.79 Å². The molecule has 0 aliphatic heterocycles. The van der Waals surface area contributed by atoms with Crippen LogP contribution in [0.3, 0.4) is 0 Å². The highest BCUT2D eigenvalue weighted by molar-refractivity contribution is 6.77. The van der Waals surface area contributed by atoms with Crippen molar-refractivity contribution in [1.29, 1.82) is 0 Å². The molecular formula is C24H40O2Si. The van der Waals surface area contributed by atoms with Crippen LogP contribution < -0.4 is 0 Å². The Bertz CT molecular complexity index is 662. The minimum absolute atomic E-state index is 0.139. The zero-order valence-corrected chi connectivity index (χ0v) is 19.3. The summed E-state index contributed by atoms with van der Waals surface area (Å²) in [6.07, 6.45) is 10.4. The fraction of sp³-hybridized carbons (Fsp3) is 0.875. The van der Waals surface area contributed by atoms with Gasteiger partial charge in [-0.2, -0.15) is 0 Å². The number of carbonyl (C=O) groups is 1. The van der Waals surface area contributed by atoms with Crippen molar-refractivity contribution in [1.82, 2.24) is 0 Å². The van der Waals surface area contributed by atoms with Crippen molar-refractivity contribution in [3.63, 3.8) is 0 Å². The van der Waals surface area contributed by atoms with E-state index in [0.717, 1.165) is 31.1 Å². The Morgan fingerprint density at radius 1 is 1.15 bits per heavy atom. The summed E-state index contributed by atoms with van der Waals surface area (Å²) in [4.78, 5) is 12.3. The van der Waals surface area contributed by atoms with Crippen LogP contribution in [-0.4, -0.2) is 25.1 Å². The van der Waals surface area contributed by atoms with Gasteiger partial charge in [0.15, 0.2) is 0 Å². The largest absolute Gasteiger partial charge is 0.393 e. The summed E-state index contributed by atoms with van der Waals surface area (Å²) in [6.45, 7) is 14.4. The number of rotatable bonds is 2. The lowest BCUT2D eigenvalue weighted by Crippen LogP contribution is -2.56. The van der Waals surface area contributed by atoms with Gasteiger partial charge in [-0.15, -0.1) is 0 Å². The van der Waals surface area contributed by atoms with Gasteiger partial charge in [0, 0.05) is 14.0 Å². The first-order valence-corrected chi connectivity index (χ1v) is 15.0. The van der Waals surface area contributed by atoms with Crippen LogP contribution in [0.5, 0.6) is 0 Å². The predicted molar refractivity (Wildman–Crippen MR) is 114 cm³/mol. The molecule has 0 heterocycles. The molecule has 3 fully saturated rings. The van der Waals surface area contributed by atoms with Gasteiger partial charge in [-0.3, -0.25) is 4.79 Å². The van der Waals surface area contributed by atoms with E-state index in [1.54, 1.807) is 5.57 Å². The molecule has 0 radical (unpaired) electrons. The van der Waals surface area contributed by atoms with Gasteiger partial charge in [-0.05, 0) is 86.0 Å². The molecule has 4 aliphatic carbocycles. The van der Waals surface area contributed by atoms with Crippen molar-refractivity contribution in [2.24, 2.45) is 34.5 Å². The first-order valence-electron chi connectivity index (χ1n) is 11.4. The van der Waals surface area contributed by atoms with Crippen LogP contribution in [0.1, 0.15) is 65.7 Å². The molecule has 0 amide bonds. The van der Waals surface area contributed by atoms with E-state index in [9.17, 15) is 9.90 Å². The number of hydrogen-bond donors (Lipinski definition) is 1. The Kier molecular flexibility index (Phi) is 4.63. The van der Waals surface area contributed by atoms with Gasteiger partial charge >= 0.3 is 0 Å². The predicted octanol–water partition coefficient (Wildman–Crippen LogP) is 5.83. The van der Waals surface area contributed by atoms with Gasteiger partial charge in [-0.25, -0.2) is 0 Å². The minimum atomic E-state index is -1.39. The van der Waals surface area contributed by atoms with E-state index in [0.29, 0.717) is 23.2 Å². The summed E-state index contributed by atoms with van der Waals surface area (Å²) in [5.74, 6) is 2.94. The summed E-state index contributed by atoms with van der Waals surface area (Å²) in [5.41, 5.74) is 2.77. The molecular weight excluding hydrogens is 348 g/mol. The highest BCUT2D eigenvalue weighted by atomic mass is 28.3. The number of hydrogen-bond acceptors (Lipinski definition) is 2. The fourth-order valence-electron chi connectivity index (χ4n) is 8.66. The van der Waals surface area contributed by atoms with E-state index in [1.807, 2.05) is 6.92 Å². The van der Waals surface area contributed by atoms with E-state index in [-0.39, 0.29) is 16.9 Å². The first-order chi connectivity index (χ1) is 12.5. The number of carbonyl (C=O) groups excluding carboxylic acids is 1. The summed E-state index contributed by atoms with van der Waals surface area (Å²) < 4.78 is 0. The van der Waals surface area contributed by atoms with Crippen molar-refractivity contribution in [3.8, 4) is 0 Å². The molecule has 0 bridgehead atoms. The topological polar surface area (TPSA) is 37.3 Å². The van der Waals surface area contributed by atoms with Crippen molar-refractivity contribution < 1.29 is 9.90 Å². The van der Waals surface area contributed by atoms with Crippen LogP contribution in [0.4, 0.5) is 0 Å². The average Bonchev–Trinajstić information content (AvgIpc) is 2.91. The van der Waals surface area contributed by atoms with Crippen molar-refractivity contribution >= 4 is 13.9 Å². The lowest BCUT2D eigenvalue weighted by atomic mass is 9.47. The number of aliphatic hydroxyl groups excluding tert-OH is 1. The van der Waals surface area contributed by atoms with Gasteiger partial charge in [-0.1, -0.05) is 45.1 Å². The lowest BCUT2D eigenvalue weighted by Gasteiger charge is -2.62. The molecule has 0 spiro atoms. The number of Topliss-reactive ketones (excluding diaryl/α,β-unsaturated/α-hetero) is 1. The average molecular weight is 389 g/mol. The third-order valence-electron chi connectivity index (χ3n) is 9.76. The van der Waals surface area contributed by atoms with Crippen molar-refractivity contribution in [2.75, 3.05) is 0 Å². The molecule has 4 aliphatic rings. The lowest BCUT2D eigenvalue weighted by molar-refractivity contribution is -0.127. The highest BCUT2D eigenvalue weighted by Crippen LogP contribution is 2.69. The molecule has 0 aromatic rings. The zero-order chi connectivity index (χ0) is 19.8. The van der Waals surface area contributed by atoms with E-state index < -0.39 is 8.07 Å². The van der Waals surface area contributed by atoms with Gasteiger partial charge in [0.25, 0.3) is 0 Å². The van der Waals surface area contributed by atoms with E-state index in [1.165, 1.54) is 25.7 Å². The number of ketones is 1. The molecule has 1 N–H and O–H groups in total. The van der Waals surface area contributed by atoms with E-state index >= 15 is 0 Å². The maximum atomic E-state index is 12.3. The standard InChI is InChI=1S/C24H40O2Si/c1-15(25)19-9-10-20-18-8-7-16-13-17(26)14-22(27(4,5)6)24(16,3)21(18)11-12-23(19,20)2/h7,17-22,26H,8-14H2,1-6H3/t17?,18-,19+,20-,21-,22?,23+,24-/m0/s1. The SMILES string of the molecule is CC(=O)[C@H]1CC[C@H]2[C@@H]3CC=C4CC(O)CC([Si](C)(C)C)[C@]4(C)[C@H]3CC[C@]12C. The normalized spacial score (nSPS) is 49.7. The zero-order valence-electron chi connectivity index (χ0n) is 18.3. The number of allylic oxidation sites excluding steroid dienone is 1. The number of aliphatic hydroxyl groups is 1. The monoisotopic (exact) mass is 388 g/mol. The third-order valence-corrected chi connectivity index (χ3v) is 12.7. The van der Waals surface area contributed by atoms with E-state index in [2.05, 4.69) is 39.6 Å². The Morgan fingerprint density at radius 2 is 1.85 bits per heavy atom. The Morgan fingerprint density at radius 3 is 2.48 bits per heavy atom. The molecule has 2 unspecified atom stereocenters. The second-order valence-corrected chi connectivity index (χ2v) is 17.4. The van der Waals surface area contributed by atoms with Gasteiger partial charge in [0.2, 0.25) is 0 Å². The quantitative estimate of drug-likeness (QED) is 0.477. The molecule has 3 heteroatoms. The van der Waals surface area contributed by atoms with Gasteiger partial charge < -0.3 is 5.11 Å². The number of fused-ring (bicyclic) bond motifs is 5. The van der Waals surface area contributed by atoms with Gasteiger partial charge in [0.1, 0.15) is 5.78 Å². The van der Waals surface area contributed by atoms with Crippen LogP contribution in [0.2, 0.25) is 25.2 Å². The molecule has 2 nitrogen and oxygen atoms in total. The van der Waals surface area contributed by atoms with Gasteiger partial charge in [0.05, 0.1) is 6.10 Å². The highest BCUT2D eigenvalue weighted by Gasteiger charge is 2.62. The Hall–Kier alpha value is -0.413. The molecule has 152 valence electrons. The molecule has 4 rings (SSSR count). The summed E-state index contributed by atoms with van der Waals surface area (Å²) in [5, 5.41) is 10.6. The fourth-order valence-corrected chi connectivity index (χ4v) is 11.8. The Balaban J connectivity index is 1.73. The summed E-state index contributed by atoms with van der Waals surface area (Å²) >= 11 is 0. The molecule has 0 aromatic carbocycles. The maximum absolute atomic E-state index is 12.3. The van der Waals surface area contributed by atoms with Crippen molar-refractivity contribution in [2.45, 2.75) is 97.0 Å². The summed E-state index contributed by atoms with van der Waals surface area (Å²) in [6, 6.07) is 0. The molecule has 27 heavy (non-hydrogen) atoms. The molecule has 0 aromatic heterocycles. The maximum Gasteiger partial charge on any atom is 0.133 e. The smallest absolute Gasteiger partial charge is 0.133 e. The van der Waals surface area contributed by atoms with Crippen LogP contribution in [0.25, 0.3) is 0 Å². The summed E-state index contributed by atoms with van der Waals surface area (Å²) in [7, 11) is -1.39. The van der Waals surface area contributed by atoms with Crippen LogP contribution in [0, 0.1) is 34.5 Å². The Labute approximate surface area is 167 Å². The van der Waals surface area contributed by atoms with Crippen LogP contribution >= 0.6 is 0 Å². The third kappa shape index (κ3) is 2.78. The molecule has 0 saturated heterocycles. The minimum Gasteiger partial charge on any atom is -0.393 e. The molecule has 8 atom stereocenters. The molecule has 3 saturated carbocycles. The second-order valence-electron chi connectivity index (χ2n) is 11.9. The van der Waals surface area contributed by atoms with E-state index in [4.69, 9.17) is 0 Å². The first kappa shape index (κ1) is 19.9. The second kappa shape index (κ2) is 6.29. The van der Waals surface area contributed by atoms with Crippen molar-refractivity contribution in [3.05, 3.63) is 11.6 Å².